The highest BCUT2D eigenvalue weighted by Gasteiger charge is 2.39. The molecule has 0 aromatic rings. The molecule has 2 fully saturated rings. The highest BCUT2D eigenvalue weighted by molar-refractivity contribution is 7.99. The molecule has 0 aliphatic carbocycles. The van der Waals surface area contributed by atoms with Crippen LogP contribution in [0.5, 0.6) is 0 Å². The molecule has 2 heterocycles. The second-order valence-corrected chi connectivity index (χ2v) is 6.95. The molecule has 0 atom stereocenters. The number of amides is 1. The van der Waals surface area contributed by atoms with Crippen LogP contribution in [0.4, 0.5) is 0 Å². The Bertz CT molecular complexity index is 287. The summed E-state index contributed by atoms with van der Waals surface area (Å²) in [6.45, 7) is 3.22. The average Bonchev–Trinajstić information content (AvgIpc) is 2.47. The number of carbonyl (C=O) groups excluding carboxylic acids is 1. The van der Waals surface area contributed by atoms with Crippen LogP contribution in [0.3, 0.4) is 0 Å². The summed E-state index contributed by atoms with van der Waals surface area (Å²) < 4.78 is 5.31. The van der Waals surface area contributed by atoms with Crippen molar-refractivity contribution in [2.24, 2.45) is 11.3 Å². The molecule has 0 bridgehead atoms. The summed E-state index contributed by atoms with van der Waals surface area (Å²) in [7, 11) is 1.69. The summed E-state index contributed by atoms with van der Waals surface area (Å²) in [5.41, 5.74) is -0.302. The lowest BCUT2D eigenvalue weighted by Gasteiger charge is -2.36. The number of hydrogen-bond acceptors (Lipinski definition) is 4. The third-order valence-corrected chi connectivity index (χ3v) is 5.40. The predicted molar refractivity (Wildman–Crippen MR) is 86.7 cm³/mol. The van der Waals surface area contributed by atoms with Gasteiger partial charge in [0.15, 0.2) is 0 Å². The maximum Gasteiger partial charge on any atom is 0.228 e. The van der Waals surface area contributed by atoms with Crippen molar-refractivity contribution in [1.82, 2.24) is 10.6 Å². The molecule has 0 spiro atoms. The topological polar surface area (TPSA) is 50.4 Å². The molecular formula is C14H27ClN2O2S. The minimum absolute atomic E-state index is 0. The van der Waals surface area contributed by atoms with Gasteiger partial charge >= 0.3 is 0 Å². The summed E-state index contributed by atoms with van der Waals surface area (Å²) in [6.07, 6.45) is 4.24. The number of nitrogens with one attached hydrogen (secondary N) is 2. The molecule has 0 unspecified atom stereocenters. The Kier molecular flexibility index (Phi) is 8.25. The van der Waals surface area contributed by atoms with Crippen molar-refractivity contribution in [3.8, 4) is 0 Å². The molecular weight excluding hydrogens is 296 g/mol. The van der Waals surface area contributed by atoms with Crippen LogP contribution in [0.15, 0.2) is 0 Å². The maximum absolute atomic E-state index is 12.5. The van der Waals surface area contributed by atoms with Gasteiger partial charge in [0.2, 0.25) is 5.91 Å². The van der Waals surface area contributed by atoms with Crippen LogP contribution in [-0.2, 0) is 9.53 Å². The Morgan fingerprint density at radius 2 is 2.00 bits per heavy atom. The summed E-state index contributed by atoms with van der Waals surface area (Å²) in [4.78, 5) is 12.5. The summed E-state index contributed by atoms with van der Waals surface area (Å²) >= 11 is 2.03. The highest BCUT2D eigenvalue weighted by Crippen LogP contribution is 2.30. The van der Waals surface area contributed by atoms with Crippen LogP contribution in [0.2, 0.25) is 0 Å². The zero-order valence-corrected chi connectivity index (χ0v) is 13.9. The van der Waals surface area contributed by atoms with Gasteiger partial charge in [-0.3, -0.25) is 4.79 Å². The zero-order valence-electron chi connectivity index (χ0n) is 12.3. The van der Waals surface area contributed by atoms with Gasteiger partial charge in [0.05, 0.1) is 12.0 Å². The van der Waals surface area contributed by atoms with Crippen molar-refractivity contribution < 1.29 is 9.53 Å². The van der Waals surface area contributed by atoms with E-state index in [9.17, 15) is 4.79 Å². The fourth-order valence-electron chi connectivity index (χ4n) is 2.99. The minimum Gasteiger partial charge on any atom is -0.384 e. The van der Waals surface area contributed by atoms with Crippen LogP contribution >= 0.6 is 24.2 Å². The van der Waals surface area contributed by atoms with Crippen LogP contribution in [0.25, 0.3) is 0 Å². The molecule has 0 saturated carbocycles. The van der Waals surface area contributed by atoms with Gasteiger partial charge in [-0.2, -0.15) is 11.8 Å². The Balaban J connectivity index is 0.00000200. The number of piperidine rings is 1. The molecule has 0 radical (unpaired) electrons. The molecule has 2 saturated heterocycles. The van der Waals surface area contributed by atoms with Gasteiger partial charge in [-0.1, -0.05) is 0 Å². The Morgan fingerprint density at radius 1 is 1.35 bits per heavy atom. The monoisotopic (exact) mass is 322 g/mol. The number of halogens is 1. The van der Waals surface area contributed by atoms with Crippen LogP contribution in [0, 0.1) is 11.3 Å². The molecule has 0 aromatic heterocycles. The Morgan fingerprint density at radius 3 is 2.60 bits per heavy atom. The number of ether oxygens (including phenoxy) is 1. The molecule has 118 valence electrons. The zero-order chi connectivity index (χ0) is 13.6. The molecule has 2 rings (SSSR count). The number of methoxy groups -OCH3 is 1. The lowest BCUT2D eigenvalue weighted by atomic mass is 9.78. The van der Waals surface area contributed by atoms with Gasteiger partial charge in [0.1, 0.15) is 0 Å². The fraction of sp³-hybridized carbons (Fsp3) is 0.929. The van der Waals surface area contributed by atoms with E-state index in [1.807, 2.05) is 11.8 Å². The molecule has 2 aliphatic heterocycles. The maximum atomic E-state index is 12.5. The molecule has 2 N–H and O–H groups in total. The van der Waals surface area contributed by atoms with E-state index in [1.54, 1.807) is 7.11 Å². The first kappa shape index (κ1) is 18.1. The van der Waals surface area contributed by atoms with Crippen molar-refractivity contribution in [3.05, 3.63) is 0 Å². The van der Waals surface area contributed by atoms with Crippen molar-refractivity contribution >= 4 is 30.1 Å². The Labute approximate surface area is 132 Å². The van der Waals surface area contributed by atoms with Gasteiger partial charge in [-0.15, -0.1) is 12.4 Å². The van der Waals surface area contributed by atoms with Gasteiger partial charge < -0.3 is 15.4 Å². The van der Waals surface area contributed by atoms with E-state index >= 15 is 0 Å². The first-order chi connectivity index (χ1) is 9.27. The number of thioether (sulfide) groups is 1. The van der Waals surface area contributed by atoms with Gasteiger partial charge in [0.25, 0.3) is 0 Å². The van der Waals surface area contributed by atoms with Crippen molar-refractivity contribution in [3.63, 3.8) is 0 Å². The molecule has 6 heteroatoms. The van der Waals surface area contributed by atoms with E-state index in [2.05, 4.69) is 10.6 Å². The van der Waals surface area contributed by atoms with Crippen LogP contribution in [-0.4, -0.2) is 50.8 Å². The van der Waals surface area contributed by atoms with Crippen molar-refractivity contribution in [1.29, 1.82) is 0 Å². The SMILES string of the molecule is COCC1(C(=O)NCC2CCSCC2)CCNCC1.Cl. The third-order valence-electron chi connectivity index (χ3n) is 4.36. The van der Waals surface area contributed by atoms with Gasteiger partial charge in [0, 0.05) is 13.7 Å². The third kappa shape index (κ3) is 4.79. The van der Waals surface area contributed by atoms with E-state index in [4.69, 9.17) is 4.74 Å². The number of rotatable bonds is 5. The Hall–Kier alpha value is 0.0300. The van der Waals surface area contributed by atoms with Gasteiger partial charge in [-0.05, 0) is 56.2 Å². The lowest BCUT2D eigenvalue weighted by molar-refractivity contribution is -0.136. The second kappa shape index (κ2) is 9.13. The standard InChI is InChI=1S/C14H26N2O2S.ClH/c1-18-11-14(4-6-15-7-5-14)13(17)16-10-12-2-8-19-9-3-12;/h12,15H,2-11H2,1H3,(H,16,17);1H. The quantitative estimate of drug-likeness (QED) is 0.808. The van der Waals surface area contributed by atoms with Crippen LogP contribution < -0.4 is 10.6 Å². The molecule has 1 amide bonds. The smallest absolute Gasteiger partial charge is 0.228 e. The molecule has 4 nitrogen and oxygen atoms in total. The summed E-state index contributed by atoms with van der Waals surface area (Å²) in [5, 5.41) is 6.51. The fourth-order valence-corrected chi connectivity index (χ4v) is 4.20. The lowest BCUT2D eigenvalue weighted by Crippen LogP contribution is -2.51. The average molecular weight is 323 g/mol. The summed E-state index contributed by atoms with van der Waals surface area (Å²) in [5.74, 6) is 3.36. The molecule has 0 aromatic carbocycles. The highest BCUT2D eigenvalue weighted by atomic mass is 35.5. The first-order valence-corrected chi connectivity index (χ1v) is 8.48. The number of carbonyl (C=O) groups is 1. The molecule has 2 aliphatic rings. The van der Waals surface area contributed by atoms with Crippen molar-refractivity contribution in [2.75, 3.05) is 44.9 Å². The predicted octanol–water partition coefficient (Wildman–Crippen LogP) is 1.68. The summed E-state index contributed by atoms with van der Waals surface area (Å²) in [6, 6.07) is 0. The second-order valence-electron chi connectivity index (χ2n) is 5.73. The van der Waals surface area contributed by atoms with E-state index in [0.717, 1.165) is 32.5 Å². The number of hydrogen-bond donors (Lipinski definition) is 2. The van der Waals surface area contributed by atoms with E-state index < -0.39 is 0 Å². The van der Waals surface area contributed by atoms with E-state index in [0.29, 0.717) is 12.5 Å². The molecule has 20 heavy (non-hydrogen) atoms. The normalized spacial score (nSPS) is 22.9. The van der Waals surface area contributed by atoms with Gasteiger partial charge in [-0.25, -0.2) is 0 Å². The van der Waals surface area contributed by atoms with Crippen molar-refractivity contribution in [2.45, 2.75) is 25.7 Å². The van der Waals surface area contributed by atoms with E-state index in [1.165, 1.54) is 24.3 Å². The first-order valence-electron chi connectivity index (χ1n) is 7.32. The largest absolute Gasteiger partial charge is 0.384 e. The van der Waals surface area contributed by atoms with E-state index in [-0.39, 0.29) is 23.7 Å². The van der Waals surface area contributed by atoms with Crippen LogP contribution in [0.1, 0.15) is 25.7 Å². The minimum atomic E-state index is -0.302.